The summed E-state index contributed by atoms with van der Waals surface area (Å²) in [5, 5.41) is 2.28. The Balaban J connectivity index is 1.60. The molecule has 0 fully saturated rings. The molecule has 0 spiro atoms. The monoisotopic (exact) mass is 371 g/mol. The van der Waals surface area contributed by atoms with Gasteiger partial charge in [-0.15, -0.1) is 0 Å². The Morgan fingerprint density at radius 1 is 1.04 bits per heavy atom. The number of carbonyl (C=O) groups excluding carboxylic acids is 2. The summed E-state index contributed by atoms with van der Waals surface area (Å²) >= 11 is 5.54. The molecular weight excluding hydrogens is 350 g/mol. The average molecular weight is 372 g/mol. The van der Waals surface area contributed by atoms with E-state index in [1.165, 1.54) is 22.3 Å². The van der Waals surface area contributed by atoms with Gasteiger partial charge in [0, 0.05) is 17.9 Å². The minimum atomic E-state index is -0.668. The van der Waals surface area contributed by atoms with E-state index >= 15 is 0 Å². The van der Waals surface area contributed by atoms with Gasteiger partial charge < -0.3 is 10.1 Å². The van der Waals surface area contributed by atoms with Crippen LogP contribution in [0.2, 0.25) is 0 Å². The summed E-state index contributed by atoms with van der Waals surface area (Å²) in [6, 6.07) is 16.4. The molecule has 0 atom stereocenters. The molecule has 0 saturated heterocycles. The van der Waals surface area contributed by atoms with E-state index in [0.29, 0.717) is 13.0 Å². The maximum Gasteiger partial charge on any atom is 0.407 e. The Hall–Kier alpha value is -2.33. The van der Waals surface area contributed by atoms with E-state index in [1.54, 1.807) is 13.8 Å². The highest BCUT2D eigenvalue weighted by atomic mass is 35.5. The van der Waals surface area contributed by atoms with Gasteiger partial charge in [-0.2, -0.15) is 0 Å². The van der Waals surface area contributed by atoms with E-state index in [2.05, 4.69) is 29.6 Å². The van der Waals surface area contributed by atoms with Crippen LogP contribution in [0.4, 0.5) is 4.79 Å². The summed E-state index contributed by atoms with van der Waals surface area (Å²) in [7, 11) is 0. The highest BCUT2D eigenvalue weighted by molar-refractivity contribution is 6.64. The van der Waals surface area contributed by atoms with Gasteiger partial charge in [-0.05, 0) is 40.3 Å². The first-order valence-corrected chi connectivity index (χ1v) is 9.07. The van der Waals surface area contributed by atoms with Crippen LogP contribution in [0.15, 0.2) is 48.5 Å². The molecule has 26 heavy (non-hydrogen) atoms. The van der Waals surface area contributed by atoms with Gasteiger partial charge in [0.1, 0.15) is 6.61 Å². The quantitative estimate of drug-likeness (QED) is 0.748. The fraction of sp³-hybridized carbons (Fsp3) is 0.333. The first kappa shape index (κ1) is 18.5. The Morgan fingerprint density at radius 2 is 1.58 bits per heavy atom. The summed E-state index contributed by atoms with van der Waals surface area (Å²) in [6.45, 7) is 4.11. The molecule has 1 aliphatic rings. The van der Waals surface area contributed by atoms with Gasteiger partial charge in [-0.3, -0.25) is 4.79 Å². The molecule has 136 valence electrons. The van der Waals surface area contributed by atoms with Crippen molar-refractivity contribution in [3.8, 4) is 11.1 Å². The fourth-order valence-corrected chi connectivity index (χ4v) is 3.32. The van der Waals surface area contributed by atoms with E-state index in [0.717, 1.165) is 0 Å². The lowest BCUT2D eigenvalue weighted by atomic mass is 9.91. The first-order chi connectivity index (χ1) is 12.4. The van der Waals surface area contributed by atoms with Crippen molar-refractivity contribution in [3.63, 3.8) is 0 Å². The molecule has 3 rings (SSSR count). The Kier molecular flexibility index (Phi) is 5.33. The standard InChI is InChI=1S/C21H22ClNO3/c1-21(2,19(22)24)11-12-23-20(25)26-13-18-16-9-5-3-7-14(16)15-8-4-6-10-17(15)18/h3-10,18H,11-13H2,1-2H3,(H,23,25). The lowest BCUT2D eigenvalue weighted by molar-refractivity contribution is -0.119. The maximum atomic E-state index is 12.0. The molecule has 5 heteroatoms. The molecule has 0 aliphatic heterocycles. The predicted molar refractivity (Wildman–Crippen MR) is 102 cm³/mol. The molecule has 2 aromatic carbocycles. The summed E-state index contributed by atoms with van der Waals surface area (Å²) in [5.74, 6) is 0.0361. The number of halogens is 1. The molecule has 0 radical (unpaired) electrons. The predicted octanol–water partition coefficient (Wildman–Crippen LogP) is 4.71. The van der Waals surface area contributed by atoms with E-state index in [-0.39, 0.29) is 12.5 Å². The second-order valence-electron chi connectivity index (χ2n) is 7.16. The second-order valence-corrected chi connectivity index (χ2v) is 7.50. The molecule has 1 amide bonds. The van der Waals surface area contributed by atoms with Crippen LogP contribution in [-0.4, -0.2) is 24.5 Å². The number of nitrogens with one attached hydrogen (secondary N) is 1. The average Bonchev–Trinajstić information content (AvgIpc) is 2.94. The number of hydrogen-bond acceptors (Lipinski definition) is 3. The molecule has 4 nitrogen and oxygen atoms in total. The van der Waals surface area contributed by atoms with Crippen LogP contribution in [-0.2, 0) is 9.53 Å². The molecule has 1 aliphatic carbocycles. The topological polar surface area (TPSA) is 55.4 Å². The Labute approximate surface area is 158 Å². The lowest BCUT2D eigenvalue weighted by Crippen LogP contribution is -2.31. The smallest absolute Gasteiger partial charge is 0.407 e. The number of rotatable bonds is 6. The number of carbonyl (C=O) groups is 2. The second kappa shape index (κ2) is 7.50. The molecule has 0 aromatic heterocycles. The molecule has 2 aromatic rings. The third-order valence-corrected chi connectivity index (χ3v) is 5.41. The molecule has 0 saturated carbocycles. The number of benzene rings is 2. The van der Waals surface area contributed by atoms with Gasteiger partial charge in [0.05, 0.1) is 0 Å². The summed E-state index contributed by atoms with van der Waals surface area (Å²) < 4.78 is 5.45. The summed E-state index contributed by atoms with van der Waals surface area (Å²) in [4.78, 5) is 23.3. The highest BCUT2D eigenvalue weighted by Crippen LogP contribution is 2.44. The van der Waals surface area contributed by atoms with Crippen molar-refractivity contribution >= 4 is 22.9 Å². The normalized spacial score (nSPS) is 13.0. The minimum Gasteiger partial charge on any atom is -0.449 e. The van der Waals surface area contributed by atoms with Crippen molar-refractivity contribution in [1.82, 2.24) is 5.32 Å². The number of fused-ring (bicyclic) bond motifs is 3. The fourth-order valence-electron chi connectivity index (χ4n) is 3.22. The van der Waals surface area contributed by atoms with Crippen LogP contribution in [0.3, 0.4) is 0 Å². The van der Waals surface area contributed by atoms with Gasteiger partial charge in [0.25, 0.3) is 0 Å². The van der Waals surface area contributed by atoms with Crippen molar-refractivity contribution in [2.45, 2.75) is 26.2 Å². The van der Waals surface area contributed by atoms with Crippen molar-refractivity contribution in [2.75, 3.05) is 13.2 Å². The van der Waals surface area contributed by atoms with Gasteiger partial charge in [0.15, 0.2) is 0 Å². The van der Waals surface area contributed by atoms with Crippen LogP contribution in [0.1, 0.15) is 37.3 Å². The van der Waals surface area contributed by atoms with Gasteiger partial charge >= 0.3 is 6.09 Å². The van der Waals surface area contributed by atoms with Crippen LogP contribution in [0.25, 0.3) is 11.1 Å². The van der Waals surface area contributed by atoms with Crippen molar-refractivity contribution in [3.05, 3.63) is 59.7 Å². The van der Waals surface area contributed by atoms with Crippen LogP contribution in [0, 0.1) is 5.41 Å². The number of hydrogen-bond donors (Lipinski definition) is 1. The third-order valence-electron chi connectivity index (χ3n) is 4.90. The Bertz CT molecular complexity index is 786. The number of ether oxygens (including phenoxy) is 1. The van der Waals surface area contributed by atoms with Crippen molar-refractivity contribution < 1.29 is 14.3 Å². The first-order valence-electron chi connectivity index (χ1n) is 8.69. The zero-order valence-corrected chi connectivity index (χ0v) is 15.7. The number of amides is 1. The van der Waals surface area contributed by atoms with Crippen LogP contribution < -0.4 is 5.32 Å². The SMILES string of the molecule is CC(C)(CCNC(=O)OCC1c2ccccc2-c2ccccc21)C(=O)Cl. The molecule has 1 N–H and O–H groups in total. The van der Waals surface area contributed by atoms with E-state index in [9.17, 15) is 9.59 Å². The van der Waals surface area contributed by atoms with Gasteiger partial charge in [-0.1, -0.05) is 62.4 Å². The maximum absolute atomic E-state index is 12.0. The molecule has 0 heterocycles. The van der Waals surface area contributed by atoms with Crippen molar-refractivity contribution in [2.24, 2.45) is 5.41 Å². The van der Waals surface area contributed by atoms with Gasteiger partial charge in [-0.25, -0.2) is 4.79 Å². The summed E-state index contributed by atoms with van der Waals surface area (Å²) in [5.41, 5.74) is 4.07. The number of alkyl carbamates (subject to hydrolysis) is 1. The minimum absolute atomic E-state index is 0.0361. The third kappa shape index (κ3) is 3.75. The highest BCUT2D eigenvalue weighted by Gasteiger charge is 2.29. The van der Waals surface area contributed by atoms with Crippen LogP contribution >= 0.6 is 11.6 Å². The molecule has 0 bridgehead atoms. The lowest BCUT2D eigenvalue weighted by Gasteiger charge is -2.19. The summed E-state index contributed by atoms with van der Waals surface area (Å²) in [6.07, 6.45) is -0.0239. The molecular formula is C21H22ClNO3. The Morgan fingerprint density at radius 3 is 2.12 bits per heavy atom. The van der Waals surface area contributed by atoms with E-state index in [4.69, 9.17) is 16.3 Å². The molecule has 0 unspecified atom stereocenters. The zero-order chi connectivity index (χ0) is 18.7. The van der Waals surface area contributed by atoms with Crippen molar-refractivity contribution in [1.29, 1.82) is 0 Å². The van der Waals surface area contributed by atoms with Crippen LogP contribution in [0.5, 0.6) is 0 Å². The van der Waals surface area contributed by atoms with Gasteiger partial charge in [0.2, 0.25) is 5.24 Å². The largest absolute Gasteiger partial charge is 0.449 e. The van der Waals surface area contributed by atoms with E-state index in [1.807, 2.05) is 24.3 Å². The van der Waals surface area contributed by atoms with E-state index < -0.39 is 16.8 Å². The zero-order valence-electron chi connectivity index (χ0n) is 14.9.